The van der Waals surface area contributed by atoms with Crippen LogP contribution >= 0.6 is 0 Å². The van der Waals surface area contributed by atoms with Crippen molar-refractivity contribution < 1.29 is 19.0 Å². The Balaban J connectivity index is 2.50. The van der Waals surface area contributed by atoms with Crippen LogP contribution in [0.5, 0.6) is 11.5 Å². The summed E-state index contributed by atoms with van der Waals surface area (Å²) in [5.41, 5.74) is -0.111. The Morgan fingerprint density at radius 3 is 2.20 bits per heavy atom. The Morgan fingerprint density at radius 2 is 1.65 bits per heavy atom. The quantitative estimate of drug-likeness (QED) is 0.932. The summed E-state index contributed by atoms with van der Waals surface area (Å²) in [6.45, 7) is 1.64. The van der Waals surface area contributed by atoms with Gasteiger partial charge in [-0.25, -0.2) is 4.39 Å². The molecule has 4 heteroatoms. The number of rotatable bonds is 4. The highest BCUT2D eigenvalue weighted by Crippen LogP contribution is 2.37. The maximum absolute atomic E-state index is 13.0. The van der Waals surface area contributed by atoms with Crippen molar-refractivity contribution in [3.8, 4) is 11.5 Å². The summed E-state index contributed by atoms with van der Waals surface area (Å²) in [4.78, 5) is 0. The predicted octanol–water partition coefficient (Wildman–Crippen LogP) is 3.10. The molecular weight excluding hydrogens is 259 g/mol. The normalized spacial score (nSPS) is 13.7. The van der Waals surface area contributed by atoms with Gasteiger partial charge in [0, 0.05) is 11.6 Å². The zero-order chi connectivity index (χ0) is 14.8. The molecule has 0 fully saturated rings. The van der Waals surface area contributed by atoms with Crippen molar-refractivity contribution in [3.63, 3.8) is 0 Å². The average molecular weight is 276 g/mol. The summed E-state index contributed by atoms with van der Waals surface area (Å²) < 4.78 is 23.4. The molecule has 0 amide bonds. The number of aliphatic hydroxyl groups is 1. The second-order valence-corrected chi connectivity index (χ2v) is 4.65. The summed E-state index contributed by atoms with van der Waals surface area (Å²) in [5.74, 6) is 0.811. The maximum Gasteiger partial charge on any atom is 0.128 e. The molecule has 0 radical (unpaired) electrons. The first kappa shape index (κ1) is 14.3. The summed E-state index contributed by atoms with van der Waals surface area (Å²) >= 11 is 0. The van der Waals surface area contributed by atoms with Crippen LogP contribution in [0.3, 0.4) is 0 Å². The topological polar surface area (TPSA) is 38.7 Å². The second-order valence-electron chi connectivity index (χ2n) is 4.65. The lowest BCUT2D eigenvalue weighted by Crippen LogP contribution is -2.23. The number of hydrogen-bond acceptors (Lipinski definition) is 3. The molecule has 1 atom stereocenters. The van der Waals surface area contributed by atoms with Crippen molar-refractivity contribution in [2.24, 2.45) is 0 Å². The van der Waals surface area contributed by atoms with E-state index in [-0.39, 0.29) is 5.82 Å². The van der Waals surface area contributed by atoms with E-state index in [9.17, 15) is 9.50 Å². The van der Waals surface area contributed by atoms with Crippen molar-refractivity contribution in [2.45, 2.75) is 12.5 Å². The minimum Gasteiger partial charge on any atom is -0.497 e. The van der Waals surface area contributed by atoms with E-state index in [4.69, 9.17) is 9.47 Å². The van der Waals surface area contributed by atoms with E-state index in [1.807, 2.05) is 0 Å². The first-order valence-corrected chi connectivity index (χ1v) is 6.20. The van der Waals surface area contributed by atoms with Crippen LogP contribution in [0.1, 0.15) is 18.1 Å². The molecule has 2 aromatic carbocycles. The molecule has 0 aromatic heterocycles. The Bertz CT molecular complexity index is 591. The van der Waals surface area contributed by atoms with Gasteiger partial charge in [-0.15, -0.1) is 0 Å². The van der Waals surface area contributed by atoms with Gasteiger partial charge in [-0.3, -0.25) is 0 Å². The fourth-order valence-electron chi connectivity index (χ4n) is 2.13. The number of benzene rings is 2. The van der Waals surface area contributed by atoms with Crippen molar-refractivity contribution in [1.29, 1.82) is 0 Å². The fourth-order valence-corrected chi connectivity index (χ4v) is 2.13. The smallest absolute Gasteiger partial charge is 0.128 e. The molecule has 0 saturated heterocycles. The van der Waals surface area contributed by atoms with Crippen molar-refractivity contribution in [3.05, 3.63) is 59.4 Å². The van der Waals surface area contributed by atoms with E-state index in [1.54, 1.807) is 44.4 Å². The minimum atomic E-state index is -1.29. The standard InChI is InChI=1S/C16H17FO3/c1-16(18,11-4-6-12(17)7-5-11)14-9-8-13(19-2)10-15(14)20-3/h4-10,18H,1-3H3. The number of halogens is 1. The van der Waals surface area contributed by atoms with Gasteiger partial charge in [-0.1, -0.05) is 12.1 Å². The van der Waals surface area contributed by atoms with Gasteiger partial charge >= 0.3 is 0 Å². The molecule has 0 heterocycles. The summed E-state index contributed by atoms with van der Waals surface area (Å²) in [5, 5.41) is 10.8. The first-order valence-electron chi connectivity index (χ1n) is 6.20. The van der Waals surface area contributed by atoms with E-state index < -0.39 is 5.60 Å². The monoisotopic (exact) mass is 276 g/mol. The van der Waals surface area contributed by atoms with E-state index in [1.165, 1.54) is 19.2 Å². The van der Waals surface area contributed by atoms with Crippen LogP contribution in [0.2, 0.25) is 0 Å². The van der Waals surface area contributed by atoms with Crippen LogP contribution in [-0.2, 0) is 5.60 Å². The second kappa shape index (κ2) is 5.51. The molecule has 0 saturated carbocycles. The molecule has 0 aliphatic heterocycles. The molecule has 2 rings (SSSR count). The average Bonchev–Trinajstić information content (AvgIpc) is 2.46. The molecular formula is C16H17FO3. The number of methoxy groups -OCH3 is 2. The van der Waals surface area contributed by atoms with Crippen molar-refractivity contribution in [2.75, 3.05) is 14.2 Å². The third kappa shape index (κ3) is 2.60. The van der Waals surface area contributed by atoms with Gasteiger partial charge < -0.3 is 14.6 Å². The summed E-state index contributed by atoms with van der Waals surface area (Å²) in [7, 11) is 3.09. The molecule has 20 heavy (non-hydrogen) atoms. The Labute approximate surface area is 117 Å². The third-order valence-electron chi connectivity index (χ3n) is 3.34. The van der Waals surface area contributed by atoms with Gasteiger partial charge in [0.05, 0.1) is 14.2 Å². The Hall–Kier alpha value is -2.07. The zero-order valence-corrected chi connectivity index (χ0v) is 11.7. The van der Waals surface area contributed by atoms with Crippen molar-refractivity contribution >= 4 is 0 Å². The molecule has 0 aliphatic rings. The van der Waals surface area contributed by atoms with E-state index >= 15 is 0 Å². The molecule has 0 aliphatic carbocycles. The van der Waals surface area contributed by atoms with Gasteiger partial charge in [0.2, 0.25) is 0 Å². The van der Waals surface area contributed by atoms with Crippen LogP contribution in [0.25, 0.3) is 0 Å². The first-order chi connectivity index (χ1) is 9.48. The van der Waals surface area contributed by atoms with Gasteiger partial charge in [0.15, 0.2) is 0 Å². The zero-order valence-electron chi connectivity index (χ0n) is 11.7. The fraction of sp³-hybridized carbons (Fsp3) is 0.250. The highest BCUT2D eigenvalue weighted by Gasteiger charge is 2.29. The van der Waals surface area contributed by atoms with Crippen LogP contribution in [0.15, 0.2) is 42.5 Å². The number of hydrogen-bond donors (Lipinski definition) is 1. The van der Waals surface area contributed by atoms with Crippen LogP contribution < -0.4 is 9.47 Å². The predicted molar refractivity (Wildman–Crippen MR) is 74.6 cm³/mol. The van der Waals surface area contributed by atoms with E-state index in [2.05, 4.69) is 0 Å². The highest BCUT2D eigenvalue weighted by atomic mass is 19.1. The van der Waals surface area contributed by atoms with Gasteiger partial charge in [0.1, 0.15) is 22.9 Å². The Kier molecular flexibility index (Phi) is 3.95. The van der Waals surface area contributed by atoms with Crippen LogP contribution in [0, 0.1) is 5.82 Å². The lowest BCUT2D eigenvalue weighted by molar-refractivity contribution is 0.0988. The minimum absolute atomic E-state index is 0.341. The van der Waals surface area contributed by atoms with Crippen molar-refractivity contribution in [1.82, 2.24) is 0 Å². The van der Waals surface area contributed by atoms with Gasteiger partial charge in [-0.2, -0.15) is 0 Å². The largest absolute Gasteiger partial charge is 0.497 e. The van der Waals surface area contributed by atoms with Crippen LogP contribution in [-0.4, -0.2) is 19.3 Å². The van der Waals surface area contributed by atoms with E-state index in [0.29, 0.717) is 22.6 Å². The maximum atomic E-state index is 13.0. The number of ether oxygens (including phenoxy) is 2. The lowest BCUT2D eigenvalue weighted by Gasteiger charge is -2.26. The van der Waals surface area contributed by atoms with Crippen LogP contribution in [0.4, 0.5) is 4.39 Å². The molecule has 3 nitrogen and oxygen atoms in total. The SMILES string of the molecule is COc1ccc(C(C)(O)c2ccc(F)cc2)c(OC)c1. The molecule has 1 N–H and O–H groups in total. The third-order valence-corrected chi connectivity index (χ3v) is 3.34. The summed E-state index contributed by atoms with van der Waals surface area (Å²) in [6.07, 6.45) is 0. The van der Waals surface area contributed by atoms with Gasteiger partial charge in [0.25, 0.3) is 0 Å². The molecule has 2 aromatic rings. The summed E-state index contributed by atoms with van der Waals surface area (Å²) in [6, 6.07) is 10.9. The highest BCUT2D eigenvalue weighted by molar-refractivity contribution is 5.47. The molecule has 1 unspecified atom stereocenters. The van der Waals surface area contributed by atoms with E-state index in [0.717, 1.165) is 0 Å². The van der Waals surface area contributed by atoms with Gasteiger partial charge in [-0.05, 0) is 36.8 Å². The molecule has 0 spiro atoms. The lowest BCUT2D eigenvalue weighted by atomic mass is 9.87. The Morgan fingerprint density at radius 1 is 1.00 bits per heavy atom. The molecule has 106 valence electrons. The molecule has 0 bridgehead atoms.